The number of rotatable bonds is 5. The highest BCUT2D eigenvalue weighted by molar-refractivity contribution is 5.96. The Morgan fingerprint density at radius 1 is 1.17 bits per heavy atom. The first-order chi connectivity index (χ1) is 8.54. The molecule has 0 atom stereocenters. The summed E-state index contributed by atoms with van der Waals surface area (Å²) in [5, 5.41) is 12.2. The van der Waals surface area contributed by atoms with E-state index < -0.39 is 11.9 Å². The first-order valence-electron chi connectivity index (χ1n) is 6.16. The van der Waals surface area contributed by atoms with E-state index in [2.05, 4.69) is 5.32 Å². The van der Waals surface area contributed by atoms with E-state index in [9.17, 15) is 9.59 Å². The molecular weight excluding hydrogens is 234 g/mol. The van der Waals surface area contributed by atoms with Gasteiger partial charge in [0.1, 0.15) is 0 Å². The topological polar surface area (TPSA) is 75.6 Å². The Morgan fingerprint density at radius 3 is 2.17 bits per heavy atom. The minimum Gasteiger partial charge on any atom is -0.478 e. The quantitative estimate of drug-likeness (QED) is 0.732. The van der Waals surface area contributed by atoms with Gasteiger partial charge in [0.2, 0.25) is 0 Å². The molecule has 0 radical (unpaired) electrons. The third-order valence-electron chi connectivity index (χ3n) is 2.87. The first kappa shape index (κ1) is 14.3. The number of allylic oxidation sites excluding steroid dienone is 2. The molecule has 18 heavy (non-hydrogen) atoms. The second-order valence-corrected chi connectivity index (χ2v) is 3.95. The van der Waals surface area contributed by atoms with Gasteiger partial charge in [-0.25, -0.2) is 9.59 Å². The van der Waals surface area contributed by atoms with Crippen LogP contribution in [0.25, 0.3) is 0 Å². The fourth-order valence-corrected chi connectivity index (χ4v) is 1.95. The molecule has 5 heteroatoms. The molecule has 1 aliphatic rings. The van der Waals surface area contributed by atoms with Crippen LogP contribution in [0.2, 0.25) is 0 Å². The Hall–Kier alpha value is -1.78. The molecule has 5 nitrogen and oxygen atoms in total. The van der Waals surface area contributed by atoms with Crippen LogP contribution in [-0.2, 0) is 14.3 Å². The van der Waals surface area contributed by atoms with Crippen LogP contribution in [0.3, 0.4) is 0 Å². The summed E-state index contributed by atoms with van der Waals surface area (Å²) in [6, 6.07) is 0. The largest absolute Gasteiger partial charge is 0.478 e. The maximum absolute atomic E-state index is 11.8. The summed E-state index contributed by atoms with van der Waals surface area (Å²) in [6.07, 6.45) is 1.37. The Balaban J connectivity index is 3.06. The van der Waals surface area contributed by atoms with Crippen molar-refractivity contribution >= 4 is 11.9 Å². The minimum atomic E-state index is -0.990. The van der Waals surface area contributed by atoms with Crippen molar-refractivity contribution in [3.63, 3.8) is 0 Å². The summed E-state index contributed by atoms with van der Waals surface area (Å²) in [4.78, 5) is 23.0. The second kappa shape index (κ2) is 6.23. The average molecular weight is 253 g/mol. The molecule has 100 valence electrons. The molecule has 0 aliphatic carbocycles. The van der Waals surface area contributed by atoms with Crippen molar-refractivity contribution in [2.75, 3.05) is 6.61 Å². The standard InChI is InChI=1S/C13H19NO4/c1-4-10-8(12(15)16)7-9(11(5-2)14-10)13(17)18-6-3/h14H,4-7H2,1-3H3,(H,15,16). The van der Waals surface area contributed by atoms with Crippen molar-refractivity contribution in [2.24, 2.45) is 0 Å². The van der Waals surface area contributed by atoms with Crippen LogP contribution in [0, 0.1) is 0 Å². The van der Waals surface area contributed by atoms with Crippen molar-refractivity contribution in [3.8, 4) is 0 Å². The molecule has 0 bridgehead atoms. The lowest BCUT2D eigenvalue weighted by molar-refractivity contribution is -0.138. The molecule has 0 spiro atoms. The van der Waals surface area contributed by atoms with Gasteiger partial charge in [-0.15, -0.1) is 0 Å². The van der Waals surface area contributed by atoms with Crippen molar-refractivity contribution in [1.82, 2.24) is 5.32 Å². The molecule has 0 aromatic carbocycles. The van der Waals surface area contributed by atoms with E-state index in [-0.39, 0.29) is 18.6 Å². The third kappa shape index (κ3) is 2.91. The Morgan fingerprint density at radius 2 is 1.72 bits per heavy atom. The lowest BCUT2D eigenvalue weighted by Crippen LogP contribution is -2.27. The van der Waals surface area contributed by atoms with E-state index in [4.69, 9.17) is 9.84 Å². The molecule has 1 aliphatic heterocycles. The molecule has 0 fully saturated rings. The van der Waals surface area contributed by atoms with Crippen molar-refractivity contribution < 1.29 is 19.4 Å². The number of ether oxygens (including phenoxy) is 1. The molecule has 0 amide bonds. The van der Waals surface area contributed by atoms with E-state index in [1.807, 2.05) is 13.8 Å². The monoisotopic (exact) mass is 253 g/mol. The van der Waals surface area contributed by atoms with E-state index in [1.54, 1.807) is 6.92 Å². The second-order valence-electron chi connectivity index (χ2n) is 3.95. The lowest BCUT2D eigenvalue weighted by Gasteiger charge is -2.24. The SMILES string of the molecule is CCOC(=O)C1=C(CC)NC(CC)=C(C(=O)O)C1. The zero-order chi connectivity index (χ0) is 13.7. The number of aliphatic carboxylic acids is 1. The van der Waals surface area contributed by atoms with Crippen LogP contribution in [0.1, 0.15) is 40.0 Å². The number of nitrogens with one attached hydrogen (secondary N) is 1. The van der Waals surface area contributed by atoms with Crippen LogP contribution in [0.5, 0.6) is 0 Å². The molecule has 0 saturated carbocycles. The minimum absolute atomic E-state index is 0.132. The van der Waals surface area contributed by atoms with Crippen LogP contribution in [0.4, 0.5) is 0 Å². The average Bonchev–Trinajstić information content (AvgIpc) is 2.37. The fraction of sp³-hybridized carbons (Fsp3) is 0.538. The predicted molar refractivity (Wildman–Crippen MR) is 66.7 cm³/mol. The van der Waals surface area contributed by atoms with Crippen LogP contribution in [-0.4, -0.2) is 23.7 Å². The summed E-state index contributed by atoms with van der Waals surface area (Å²) >= 11 is 0. The van der Waals surface area contributed by atoms with Gasteiger partial charge < -0.3 is 15.2 Å². The summed E-state index contributed by atoms with van der Waals surface area (Å²) in [5.74, 6) is -1.42. The summed E-state index contributed by atoms with van der Waals surface area (Å²) in [7, 11) is 0. The molecule has 0 aromatic heterocycles. The summed E-state index contributed by atoms with van der Waals surface area (Å²) in [5.41, 5.74) is 2.11. The van der Waals surface area contributed by atoms with E-state index in [1.165, 1.54) is 0 Å². The number of carbonyl (C=O) groups excluding carboxylic acids is 1. The number of hydrogen-bond acceptors (Lipinski definition) is 4. The number of carboxylic acid groups (broad SMARTS) is 1. The van der Waals surface area contributed by atoms with E-state index in [0.29, 0.717) is 24.1 Å². The van der Waals surface area contributed by atoms with Crippen LogP contribution < -0.4 is 5.32 Å². The highest BCUT2D eigenvalue weighted by Gasteiger charge is 2.27. The van der Waals surface area contributed by atoms with E-state index in [0.717, 1.165) is 5.70 Å². The van der Waals surface area contributed by atoms with Crippen molar-refractivity contribution in [1.29, 1.82) is 0 Å². The Bertz CT molecular complexity index is 421. The van der Waals surface area contributed by atoms with Gasteiger partial charge in [-0.05, 0) is 19.8 Å². The highest BCUT2D eigenvalue weighted by atomic mass is 16.5. The molecule has 1 rings (SSSR count). The van der Waals surface area contributed by atoms with Crippen molar-refractivity contribution in [2.45, 2.75) is 40.0 Å². The van der Waals surface area contributed by atoms with Crippen LogP contribution in [0.15, 0.2) is 22.5 Å². The fourth-order valence-electron chi connectivity index (χ4n) is 1.95. The maximum atomic E-state index is 11.8. The van der Waals surface area contributed by atoms with Gasteiger partial charge in [0.25, 0.3) is 0 Å². The predicted octanol–water partition coefficient (Wildman–Crippen LogP) is 1.96. The van der Waals surface area contributed by atoms with E-state index >= 15 is 0 Å². The van der Waals surface area contributed by atoms with Crippen molar-refractivity contribution in [3.05, 3.63) is 22.5 Å². The molecule has 2 N–H and O–H groups in total. The molecule has 0 aromatic rings. The maximum Gasteiger partial charge on any atom is 0.336 e. The lowest BCUT2D eigenvalue weighted by atomic mass is 9.95. The highest BCUT2D eigenvalue weighted by Crippen LogP contribution is 2.27. The normalized spacial score (nSPS) is 15.5. The zero-order valence-corrected chi connectivity index (χ0v) is 11.0. The van der Waals surface area contributed by atoms with Gasteiger partial charge in [0.05, 0.1) is 17.8 Å². The van der Waals surface area contributed by atoms with Gasteiger partial charge in [0.15, 0.2) is 0 Å². The van der Waals surface area contributed by atoms with Gasteiger partial charge in [-0.2, -0.15) is 0 Å². The first-order valence-corrected chi connectivity index (χ1v) is 6.16. The molecule has 0 saturated heterocycles. The molecule has 0 unspecified atom stereocenters. The molecule has 1 heterocycles. The number of carbonyl (C=O) groups is 2. The third-order valence-corrected chi connectivity index (χ3v) is 2.87. The number of hydrogen-bond donors (Lipinski definition) is 2. The van der Waals surface area contributed by atoms with Gasteiger partial charge in [-0.3, -0.25) is 0 Å². The number of carboxylic acids is 1. The summed E-state index contributed by atoms with van der Waals surface area (Å²) in [6.45, 7) is 5.81. The smallest absolute Gasteiger partial charge is 0.336 e. The summed E-state index contributed by atoms with van der Waals surface area (Å²) < 4.78 is 4.96. The zero-order valence-electron chi connectivity index (χ0n) is 11.0. The Labute approximate surface area is 107 Å². The number of dihydropyridines is 1. The van der Waals surface area contributed by atoms with Gasteiger partial charge >= 0.3 is 11.9 Å². The van der Waals surface area contributed by atoms with Crippen LogP contribution >= 0.6 is 0 Å². The number of esters is 1. The molecular formula is C13H19NO4. The van der Waals surface area contributed by atoms with Gasteiger partial charge in [0, 0.05) is 17.8 Å². The van der Waals surface area contributed by atoms with Gasteiger partial charge in [-0.1, -0.05) is 13.8 Å². The Kier molecular flexibility index (Phi) is 4.95.